The van der Waals surface area contributed by atoms with E-state index in [0.717, 1.165) is 67.5 Å². The molecule has 0 amide bonds. The van der Waals surface area contributed by atoms with E-state index < -0.39 is 0 Å². The maximum absolute atomic E-state index is 6.34. The Morgan fingerprint density at radius 2 is 1.92 bits per heavy atom. The van der Waals surface area contributed by atoms with Crippen molar-refractivity contribution in [3.63, 3.8) is 0 Å². The molecule has 2 heterocycles. The van der Waals surface area contributed by atoms with Gasteiger partial charge >= 0.3 is 0 Å². The molecule has 0 aliphatic carbocycles. The van der Waals surface area contributed by atoms with Gasteiger partial charge in [-0.3, -0.25) is 4.90 Å². The number of fused-ring (bicyclic) bond motifs is 1. The zero-order valence-corrected chi connectivity index (χ0v) is 23.7. The molecule has 0 bridgehead atoms. The lowest BCUT2D eigenvalue weighted by Crippen LogP contribution is -2.55. The van der Waals surface area contributed by atoms with Crippen LogP contribution in [0.25, 0.3) is 23.4 Å². The number of allylic oxidation sites excluding steroid dienone is 2. The SMILES string of the molecule is C=CN/C(=C(\CC)c1ccc2/c(c1)=C\C(NCCN1C[C@@H](C)N[C@@H](C)C1)=C/NCC/C=2)c1cccc(Cl)c1. The van der Waals surface area contributed by atoms with Gasteiger partial charge in [0.25, 0.3) is 0 Å². The van der Waals surface area contributed by atoms with Crippen molar-refractivity contribution in [2.45, 2.75) is 45.7 Å². The van der Waals surface area contributed by atoms with E-state index in [4.69, 9.17) is 11.6 Å². The predicted octanol–water partition coefficient (Wildman–Crippen LogP) is 4.02. The van der Waals surface area contributed by atoms with Gasteiger partial charge in [0.1, 0.15) is 0 Å². The van der Waals surface area contributed by atoms with E-state index in [1.54, 1.807) is 6.20 Å². The second-order valence-corrected chi connectivity index (χ2v) is 10.7. The average Bonchev–Trinajstić information content (AvgIpc) is 2.98. The third kappa shape index (κ3) is 7.53. The third-order valence-electron chi connectivity index (χ3n) is 7.06. The monoisotopic (exact) mass is 531 g/mol. The second-order valence-electron chi connectivity index (χ2n) is 10.3. The summed E-state index contributed by atoms with van der Waals surface area (Å²) in [5.41, 5.74) is 5.61. The van der Waals surface area contributed by atoms with Crippen molar-refractivity contribution >= 4 is 35.0 Å². The number of halogens is 1. The minimum atomic E-state index is 0.533. The minimum absolute atomic E-state index is 0.533. The Labute approximate surface area is 233 Å². The molecule has 6 heteroatoms. The Hall–Kier alpha value is -2.99. The smallest absolute Gasteiger partial charge is 0.0506 e. The fourth-order valence-corrected chi connectivity index (χ4v) is 5.67. The summed E-state index contributed by atoms with van der Waals surface area (Å²) in [7, 11) is 0. The standard InChI is InChI=1S/C32H42ClN5/c1-5-31(32(35-6-2)27-9-7-11-29(33)18-27)26-13-12-25-10-8-14-34-20-30(19-28(25)17-26)36-15-16-38-21-23(3)37-24(4)22-38/h6-7,9-13,17-20,23-24,34-37H,2,5,8,14-16,21-22H2,1,3-4H3/b25-10+,28-19-,30-20+,32-31+/t23-,24+. The van der Waals surface area contributed by atoms with Crippen LogP contribution in [0.3, 0.4) is 0 Å². The molecule has 202 valence electrons. The molecular formula is C32H42ClN5. The van der Waals surface area contributed by atoms with Gasteiger partial charge in [-0.05, 0) is 84.3 Å². The summed E-state index contributed by atoms with van der Waals surface area (Å²) in [6, 6.07) is 15.8. The van der Waals surface area contributed by atoms with E-state index in [2.05, 4.69) is 96.1 Å². The maximum atomic E-state index is 6.34. The van der Waals surface area contributed by atoms with Crippen LogP contribution in [0.5, 0.6) is 0 Å². The van der Waals surface area contributed by atoms with Gasteiger partial charge in [0.05, 0.1) is 5.70 Å². The highest BCUT2D eigenvalue weighted by atomic mass is 35.5. The number of hydrogen-bond donors (Lipinski definition) is 4. The highest BCUT2D eigenvalue weighted by Gasteiger charge is 2.20. The minimum Gasteiger partial charge on any atom is -0.389 e. The summed E-state index contributed by atoms with van der Waals surface area (Å²) < 4.78 is 0. The molecule has 0 unspecified atom stereocenters. The van der Waals surface area contributed by atoms with Gasteiger partial charge in [0.2, 0.25) is 0 Å². The predicted molar refractivity (Wildman–Crippen MR) is 164 cm³/mol. The van der Waals surface area contributed by atoms with Crippen molar-refractivity contribution in [1.82, 2.24) is 26.2 Å². The molecule has 2 aromatic carbocycles. The molecule has 2 aromatic rings. The number of nitrogens with one attached hydrogen (secondary N) is 4. The molecule has 1 saturated heterocycles. The lowest BCUT2D eigenvalue weighted by Gasteiger charge is -2.36. The fourth-order valence-electron chi connectivity index (χ4n) is 5.47. The van der Waals surface area contributed by atoms with Crippen LogP contribution in [0.15, 0.2) is 67.1 Å². The molecule has 0 radical (unpaired) electrons. The van der Waals surface area contributed by atoms with Crippen molar-refractivity contribution in [2.75, 3.05) is 32.7 Å². The van der Waals surface area contributed by atoms with Crippen LogP contribution in [-0.2, 0) is 0 Å². The van der Waals surface area contributed by atoms with Crippen LogP contribution in [0, 0.1) is 0 Å². The van der Waals surface area contributed by atoms with Gasteiger partial charge in [-0.2, -0.15) is 0 Å². The molecule has 1 fully saturated rings. The Morgan fingerprint density at radius 3 is 2.66 bits per heavy atom. The highest BCUT2D eigenvalue weighted by Crippen LogP contribution is 2.28. The zero-order valence-electron chi connectivity index (χ0n) is 23.0. The van der Waals surface area contributed by atoms with Gasteiger partial charge in [0.15, 0.2) is 0 Å². The van der Waals surface area contributed by atoms with Gasteiger partial charge in [0, 0.05) is 61.7 Å². The van der Waals surface area contributed by atoms with Gasteiger partial charge in [-0.15, -0.1) is 0 Å². The van der Waals surface area contributed by atoms with E-state index >= 15 is 0 Å². The molecule has 0 spiro atoms. The molecule has 0 aromatic heterocycles. The first-order chi connectivity index (χ1) is 18.5. The average molecular weight is 532 g/mol. The summed E-state index contributed by atoms with van der Waals surface area (Å²) in [6.07, 6.45) is 10.3. The number of hydrogen-bond acceptors (Lipinski definition) is 5. The molecular weight excluding hydrogens is 490 g/mol. The van der Waals surface area contributed by atoms with Crippen LogP contribution < -0.4 is 31.7 Å². The Kier molecular flexibility index (Phi) is 10.1. The fraction of sp³-hybridized carbons (Fsp3) is 0.375. The van der Waals surface area contributed by atoms with Crippen molar-refractivity contribution < 1.29 is 0 Å². The number of nitrogens with zero attached hydrogens (tertiary/aromatic N) is 1. The van der Waals surface area contributed by atoms with Crippen LogP contribution in [0.2, 0.25) is 5.02 Å². The second kappa shape index (κ2) is 13.7. The van der Waals surface area contributed by atoms with Gasteiger partial charge in [-0.25, -0.2) is 0 Å². The molecule has 2 atom stereocenters. The van der Waals surface area contributed by atoms with Crippen molar-refractivity contribution in [1.29, 1.82) is 0 Å². The van der Waals surface area contributed by atoms with Crippen molar-refractivity contribution in [3.8, 4) is 0 Å². The molecule has 4 rings (SSSR count). The molecule has 0 saturated carbocycles. The Balaban J connectivity index is 1.65. The van der Waals surface area contributed by atoms with Crippen molar-refractivity contribution in [2.24, 2.45) is 0 Å². The lowest BCUT2D eigenvalue weighted by atomic mass is 9.96. The topological polar surface area (TPSA) is 51.4 Å². The largest absolute Gasteiger partial charge is 0.389 e. The molecule has 2 aliphatic heterocycles. The first-order valence-electron chi connectivity index (χ1n) is 13.8. The highest BCUT2D eigenvalue weighted by molar-refractivity contribution is 6.30. The lowest BCUT2D eigenvalue weighted by molar-refractivity contribution is 0.175. The Bertz CT molecular complexity index is 1290. The van der Waals surface area contributed by atoms with Crippen LogP contribution in [-0.4, -0.2) is 49.7 Å². The Morgan fingerprint density at radius 1 is 1.11 bits per heavy atom. The van der Waals surface area contributed by atoms with Gasteiger partial charge in [-0.1, -0.05) is 55.4 Å². The molecule has 2 aliphatic rings. The van der Waals surface area contributed by atoms with Gasteiger partial charge < -0.3 is 21.3 Å². The summed E-state index contributed by atoms with van der Waals surface area (Å²) in [5.74, 6) is 0. The van der Waals surface area contributed by atoms with Crippen molar-refractivity contribution in [3.05, 3.63) is 93.7 Å². The summed E-state index contributed by atoms with van der Waals surface area (Å²) in [5, 5.41) is 17.3. The molecule has 5 nitrogen and oxygen atoms in total. The normalized spacial score (nSPS) is 23.7. The van der Waals surface area contributed by atoms with Crippen LogP contribution >= 0.6 is 11.6 Å². The van der Waals surface area contributed by atoms with E-state index in [1.165, 1.54) is 21.6 Å². The summed E-state index contributed by atoms with van der Waals surface area (Å²) in [6.45, 7) is 15.7. The maximum Gasteiger partial charge on any atom is 0.0506 e. The zero-order chi connectivity index (χ0) is 26.9. The molecule has 4 N–H and O–H groups in total. The van der Waals surface area contributed by atoms with E-state index in [9.17, 15) is 0 Å². The third-order valence-corrected chi connectivity index (χ3v) is 7.30. The number of rotatable bonds is 9. The number of piperazine rings is 1. The first-order valence-corrected chi connectivity index (χ1v) is 14.2. The van der Waals surface area contributed by atoms with Crippen LogP contribution in [0.1, 0.15) is 44.7 Å². The first kappa shape index (κ1) is 28.0. The summed E-state index contributed by atoms with van der Waals surface area (Å²) >= 11 is 6.34. The quantitative estimate of drug-likeness (QED) is 0.368. The van der Waals surface area contributed by atoms with E-state index in [0.29, 0.717) is 12.1 Å². The van der Waals surface area contributed by atoms with E-state index in [-0.39, 0.29) is 0 Å². The summed E-state index contributed by atoms with van der Waals surface area (Å²) in [4.78, 5) is 2.55. The number of benzene rings is 2. The molecule has 38 heavy (non-hydrogen) atoms. The van der Waals surface area contributed by atoms with Crippen LogP contribution in [0.4, 0.5) is 0 Å². The van der Waals surface area contributed by atoms with E-state index in [1.807, 2.05) is 18.2 Å².